The number of aromatic carboxylic acids is 1. The number of hydrogen-bond donors (Lipinski definition) is 1. The minimum Gasteiger partial charge on any atom is -0.478 e. The lowest BCUT2D eigenvalue weighted by Crippen LogP contribution is -2.15. The molecule has 14 heavy (non-hydrogen) atoms. The molecule has 76 valence electrons. The first kappa shape index (κ1) is 8.05. The fourth-order valence-electron chi connectivity index (χ4n) is 0.756. The summed E-state index contributed by atoms with van der Waals surface area (Å²) in [6, 6.07) is -0.855. The number of nitrogens with zero attached hydrogens (tertiary/aromatic N) is 1. The van der Waals surface area contributed by atoms with E-state index >= 15 is 0 Å². The van der Waals surface area contributed by atoms with Gasteiger partial charge in [0.2, 0.25) is 0 Å². The molecule has 0 aliphatic heterocycles. The van der Waals surface area contributed by atoms with Gasteiger partial charge in [-0.2, -0.15) is 13.2 Å². The number of pyridine rings is 1. The summed E-state index contributed by atoms with van der Waals surface area (Å²) in [4.78, 5) is 13.3. The zero-order chi connectivity index (χ0) is 12.7. The lowest BCUT2D eigenvalue weighted by molar-refractivity contribution is -0.141. The molecular formula is C7H3ClF3NO2. The number of carboxylic acid groups (broad SMARTS) is 1. The molecule has 0 radical (unpaired) electrons. The summed E-state index contributed by atoms with van der Waals surface area (Å²) in [6.07, 6.45) is -6.07. The highest BCUT2D eigenvalue weighted by molar-refractivity contribution is 6.33. The third-order valence-corrected chi connectivity index (χ3v) is 1.56. The molecule has 0 fully saturated rings. The van der Waals surface area contributed by atoms with Crippen LogP contribution >= 0.6 is 11.6 Å². The molecule has 0 aliphatic rings. The van der Waals surface area contributed by atoms with Gasteiger partial charge in [0.25, 0.3) is 0 Å². The molecule has 0 amide bonds. The van der Waals surface area contributed by atoms with Crippen LogP contribution in [-0.2, 0) is 6.18 Å². The van der Waals surface area contributed by atoms with Crippen molar-refractivity contribution in [3.05, 3.63) is 28.5 Å². The first-order chi connectivity index (χ1) is 7.16. The Morgan fingerprint density at radius 2 is 2.21 bits per heavy atom. The maximum absolute atomic E-state index is 12.4. The number of carbonyl (C=O) groups is 1. The van der Waals surface area contributed by atoms with E-state index in [4.69, 9.17) is 19.4 Å². The molecule has 0 aliphatic carbocycles. The average molecular weight is 228 g/mol. The third kappa shape index (κ3) is 1.95. The second-order valence-electron chi connectivity index (χ2n) is 2.19. The maximum Gasteiger partial charge on any atom is 0.434 e. The fourth-order valence-corrected chi connectivity index (χ4v) is 0.968. The van der Waals surface area contributed by atoms with Crippen LogP contribution in [0.1, 0.15) is 18.8 Å². The van der Waals surface area contributed by atoms with Crippen LogP contribution < -0.4 is 0 Å². The van der Waals surface area contributed by atoms with Gasteiger partial charge in [-0.25, -0.2) is 4.79 Å². The van der Waals surface area contributed by atoms with Crippen molar-refractivity contribution in [3.8, 4) is 0 Å². The summed E-state index contributed by atoms with van der Waals surface area (Å²) in [5, 5.41) is 7.61. The van der Waals surface area contributed by atoms with Gasteiger partial charge in [-0.05, 0) is 6.04 Å². The van der Waals surface area contributed by atoms with Crippen LogP contribution in [0.2, 0.25) is 5.02 Å². The fraction of sp³-hybridized carbons (Fsp3) is 0.143. The molecule has 0 saturated heterocycles. The van der Waals surface area contributed by atoms with E-state index in [1.54, 1.807) is 0 Å². The number of alkyl halides is 3. The molecular weight excluding hydrogens is 223 g/mol. The molecule has 7 heteroatoms. The molecule has 0 saturated carbocycles. The summed E-state index contributed by atoms with van der Waals surface area (Å²) in [5.41, 5.74) is -3.08. The Hall–Kier alpha value is -1.30. The molecule has 0 atom stereocenters. The van der Waals surface area contributed by atoms with Crippen molar-refractivity contribution < 1.29 is 25.8 Å². The van der Waals surface area contributed by atoms with Crippen molar-refractivity contribution in [2.75, 3.05) is 0 Å². The van der Waals surface area contributed by atoms with Crippen molar-refractivity contribution in [2.45, 2.75) is 6.18 Å². The quantitative estimate of drug-likeness (QED) is 0.802. The molecule has 1 rings (SSSR count). The van der Waals surface area contributed by atoms with Gasteiger partial charge in [0.05, 0.1) is 7.76 Å². The number of halogens is 4. The lowest BCUT2D eigenvalue weighted by Gasteiger charge is -2.09. The normalized spacial score (nSPS) is 13.4. The lowest BCUT2D eigenvalue weighted by atomic mass is 10.2. The van der Waals surface area contributed by atoms with E-state index in [-0.39, 0.29) is 0 Å². The molecule has 1 aromatic heterocycles. The topological polar surface area (TPSA) is 50.2 Å². The Balaban J connectivity index is 3.67. The highest BCUT2D eigenvalue weighted by Crippen LogP contribution is 2.32. The Bertz CT molecular complexity index is 464. The van der Waals surface area contributed by atoms with Gasteiger partial charge in [-0.15, -0.1) is 0 Å². The van der Waals surface area contributed by atoms with Crippen molar-refractivity contribution in [3.63, 3.8) is 0 Å². The van der Waals surface area contributed by atoms with Gasteiger partial charge in [-0.1, -0.05) is 11.6 Å². The highest BCUT2D eigenvalue weighted by Gasteiger charge is 2.38. The number of rotatable bonds is 1. The first-order valence-corrected chi connectivity index (χ1v) is 3.51. The van der Waals surface area contributed by atoms with Gasteiger partial charge in [0, 0.05) is 6.17 Å². The van der Waals surface area contributed by atoms with E-state index in [0.717, 1.165) is 0 Å². The molecule has 1 aromatic rings. The van der Waals surface area contributed by atoms with Gasteiger partial charge >= 0.3 is 12.1 Å². The van der Waals surface area contributed by atoms with Gasteiger partial charge in [-0.3, -0.25) is 4.98 Å². The maximum atomic E-state index is 12.4. The number of hydrogen-bond acceptors (Lipinski definition) is 2. The van der Waals surface area contributed by atoms with Crippen molar-refractivity contribution in [1.82, 2.24) is 4.98 Å². The number of aromatic nitrogens is 1. The monoisotopic (exact) mass is 227 g/mol. The van der Waals surface area contributed by atoms with E-state index in [1.165, 1.54) is 0 Å². The van der Waals surface area contributed by atoms with Gasteiger partial charge in [0.1, 0.15) is 5.56 Å². The van der Waals surface area contributed by atoms with Crippen molar-refractivity contribution in [1.29, 1.82) is 0 Å². The molecule has 1 N–H and O–H groups in total. The highest BCUT2D eigenvalue weighted by atomic mass is 35.5. The third-order valence-electron chi connectivity index (χ3n) is 1.27. The van der Waals surface area contributed by atoms with E-state index in [2.05, 4.69) is 4.98 Å². The molecule has 0 aromatic carbocycles. The van der Waals surface area contributed by atoms with Crippen LogP contribution in [0, 0.1) is 0 Å². The second-order valence-corrected chi connectivity index (χ2v) is 2.57. The predicted octanol–water partition coefficient (Wildman–Crippen LogP) is 2.45. The molecule has 0 spiro atoms. The van der Waals surface area contributed by atoms with E-state index in [1.807, 2.05) is 0 Å². The Labute approximate surface area is 83.9 Å². The molecule has 0 unspecified atom stereocenters. The molecule has 0 bridgehead atoms. The van der Waals surface area contributed by atoms with Crippen LogP contribution in [-0.4, -0.2) is 16.1 Å². The summed E-state index contributed by atoms with van der Waals surface area (Å²) in [7, 11) is 0. The summed E-state index contributed by atoms with van der Waals surface area (Å²) in [5.74, 6) is -1.95. The SMILES string of the molecule is [2H]c1nc(C(F)(F)F)c(C(=O)O)c(Cl)c1[2H]. The van der Waals surface area contributed by atoms with E-state index in [9.17, 15) is 18.0 Å². The standard InChI is InChI=1S/C7H3ClF3NO2/c8-3-1-2-12-5(7(9,10)11)4(3)6(13)14/h1-2H,(H,13,14)/i1D,2D. The zero-order valence-electron chi connectivity index (χ0n) is 8.31. The zero-order valence-corrected chi connectivity index (χ0v) is 7.07. The summed E-state index contributed by atoms with van der Waals surface area (Å²) < 4.78 is 51.1. The first-order valence-electron chi connectivity index (χ1n) is 4.13. The van der Waals surface area contributed by atoms with Crippen molar-refractivity contribution >= 4 is 17.6 Å². The van der Waals surface area contributed by atoms with Gasteiger partial charge < -0.3 is 5.11 Å². The summed E-state index contributed by atoms with van der Waals surface area (Å²) in [6.45, 7) is 0. The van der Waals surface area contributed by atoms with Crippen LogP contribution in [0.5, 0.6) is 0 Å². The minimum absolute atomic E-state index is 0.855. The Morgan fingerprint density at radius 3 is 2.64 bits per heavy atom. The van der Waals surface area contributed by atoms with Crippen LogP contribution in [0.4, 0.5) is 13.2 Å². The average Bonchev–Trinajstić information content (AvgIpc) is 2.11. The number of carboxylic acids is 1. The van der Waals surface area contributed by atoms with Crippen LogP contribution in [0.3, 0.4) is 0 Å². The Morgan fingerprint density at radius 1 is 1.64 bits per heavy atom. The van der Waals surface area contributed by atoms with Crippen LogP contribution in [0.25, 0.3) is 0 Å². The van der Waals surface area contributed by atoms with E-state index in [0.29, 0.717) is 0 Å². The summed E-state index contributed by atoms with van der Waals surface area (Å²) >= 11 is 5.28. The largest absolute Gasteiger partial charge is 0.478 e. The molecule has 3 nitrogen and oxygen atoms in total. The Kier molecular flexibility index (Phi) is 1.98. The second kappa shape index (κ2) is 3.45. The van der Waals surface area contributed by atoms with E-state index < -0.39 is 40.6 Å². The smallest absolute Gasteiger partial charge is 0.434 e. The van der Waals surface area contributed by atoms with Crippen molar-refractivity contribution in [2.24, 2.45) is 0 Å². The molecule has 1 heterocycles. The van der Waals surface area contributed by atoms with Crippen LogP contribution in [0.15, 0.2) is 12.2 Å². The van der Waals surface area contributed by atoms with Gasteiger partial charge in [0.15, 0.2) is 5.69 Å². The minimum atomic E-state index is -5.04. The predicted molar refractivity (Wildman–Crippen MR) is 41.2 cm³/mol.